The monoisotopic (exact) mass is 482 g/mol. The number of hydrogen-bond donors (Lipinski definition) is 0. The molecule has 0 atom stereocenters. The topological polar surface area (TPSA) is 126 Å². The molecule has 5 rings (SSSR count). The number of para-hydroxylation sites is 1. The lowest BCUT2D eigenvalue weighted by atomic mass is 10.1. The van der Waals surface area contributed by atoms with E-state index in [4.69, 9.17) is 14.0 Å². The number of aromatic nitrogens is 7. The second kappa shape index (κ2) is 10.6. The molecule has 0 radical (unpaired) electrons. The van der Waals surface area contributed by atoms with Gasteiger partial charge in [-0.2, -0.15) is 0 Å². The van der Waals surface area contributed by atoms with E-state index in [1.807, 2.05) is 54.6 Å². The summed E-state index contributed by atoms with van der Waals surface area (Å²) in [6.07, 6.45) is 2.49. The largest absolute Gasteiger partial charge is 0.455 e. The normalized spacial score (nSPS) is 11.4. The molecule has 0 aliphatic heterocycles. The van der Waals surface area contributed by atoms with Gasteiger partial charge in [0, 0.05) is 12.6 Å². The average Bonchev–Trinajstić information content (AvgIpc) is 3.57. The van der Waals surface area contributed by atoms with Crippen LogP contribution in [0.3, 0.4) is 0 Å². The van der Waals surface area contributed by atoms with Crippen molar-refractivity contribution < 1.29 is 14.0 Å². The van der Waals surface area contributed by atoms with E-state index in [9.17, 15) is 0 Å². The van der Waals surface area contributed by atoms with Crippen molar-refractivity contribution in [3.05, 3.63) is 95.8 Å². The summed E-state index contributed by atoms with van der Waals surface area (Å²) in [6, 6.07) is 20.9. The molecular formula is C25H22N8O3. The molecule has 2 aromatic carbocycles. The van der Waals surface area contributed by atoms with Crippen molar-refractivity contribution in [1.82, 2.24) is 35.4 Å². The van der Waals surface area contributed by atoms with Crippen LogP contribution in [0.5, 0.6) is 11.5 Å². The fourth-order valence-corrected chi connectivity index (χ4v) is 3.41. The van der Waals surface area contributed by atoms with E-state index < -0.39 is 0 Å². The maximum absolute atomic E-state index is 5.97. The maximum atomic E-state index is 5.97. The number of hydrogen-bond acceptors (Lipinski definition) is 10. The van der Waals surface area contributed by atoms with E-state index >= 15 is 0 Å². The van der Waals surface area contributed by atoms with Crippen molar-refractivity contribution in [3.8, 4) is 23.1 Å². The predicted molar refractivity (Wildman–Crippen MR) is 129 cm³/mol. The summed E-state index contributed by atoms with van der Waals surface area (Å²) < 4.78 is 13.2. The Morgan fingerprint density at radius 1 is 0.972 bits per heavy atom. The van der Waals surface area contributed by atoms with Crippen LogP contribution in [0.4, 0.5) is 0 Å². The van der Waals surface area contributed by atoms with Crippen LogP contribution >= 0.6 is 0 Å². The van der Waals surface area contributed by atoms with Gasteiger partial charge in [-0.25, -0.2) is 9.67 Å². The van der Waals surface area contributed by atoms with Crippen molar-refractivity contribution in [3.63, 3.8) is 0 Å². The first-order chi connectivity index (χ1) is 17.7. The van der Waals surface area contributed by atoms with Gasteiger partial charge in [-0.05, 0) is 40.6 Å². The van der Waals surface area contributed by atoms with Gasteiger partial charge in [-0.15, -0.1) is 15.3 Å². The first-order valence-electron chi connectivity index (χ1n) is 11.2. The molecule has 0 amide bonds. The van der Waals surface area contributed by atoms with Crippen LogP contribution in [-0.2, 0) is 24.9 Å². The van der Waals surface area contributed by atoms with E-state index in [0.29, 0.717) is 23.0 Å². The zero-order chi connectivity index (χ0) is 24.7. The molecule has 0 aliphatic rings. The minimum absolute atomic E-state index is 0.0381. The smallest absolute Gasteiger partial charge is 0.266 e. The van der Waals surface area contributed by atoms with Gasteiger partial charge in [0.2, 0.25) is 5.82 Å². The number of benzene rings is 2. The SMILES string of the molecule is CCc1ccccc1Oc1ccc(-c2nnc(CO/N=C(/c3ccccc3)c3nnnn3C)o2)nc1. The summed E-state index contributed by atoms with van der Waals surface area (Å²) in [7, 11) is 1.73. The highest BCUT2D eigenvalue weighted by atomic mass is 16.6. The molecule has 36 heavy (non-hydrogen) atoms. The lowest BCUT2D eigenvalue weighted by molar-refractivity contribution is 0.111. The molecule has 3 aromatic heterocycles. The van der Waals surface area contributed by atoms with Crippen molar-refractivity contribution in [2.24, 2.45) is 12.2 Å². The molecule has 180 valence electrons. The lowest BCUT2D eigenvalue weighted by Gasteiger charge is -2.09. The molecular weight excluding hydrogens is 460 g/mol. The highest BCUT2D eigenvalue weighted by Gasteiger charge is 2.16. The third kappa shape index (κ3) is 5.09. The predicted octanol–water partition coefficient (Wildman–Crippen LogP) is 3.98. The minimum Gasteiger partial charge on any atom is -0.455 e. The Morgan fingerprint density at radius 2 is 1.81 bits per heavy atom. The Bertz CT molecular complexity index is 1460. The van der Waals surface area contributed by atoms with Crippen molar-refractivity contribution in [2.45, 2.75) is 20.0 Å². The van der Waals surface area contributed by atoms with E-state index in [0.717, 1.165) is 23.3 Å². The number of tetrazole rings is 1. The second-order valence-corrected chi connectivity index (χ2v) is 7.65. The first-order valence-corrected chi connectivity index (χ1v) is 11.2. The van der Waals surface area contributed by atoms with Gasteiger partial charge in [0.05, 0.1) is 6.20 Å². The lowest BCUT2D eigenvalue weighted by Crippen LogP contribution is -2.12. The van der Waals surface area contributed by atoms with Crippen LogP contribution in [0.2, 0.25) is 0 Å². The maximum Gasteiger partial charge on any atom is 0.266 e. The first kappa shape index (κ1) is 22.8. The van der Waals surface area contributed by atoms with E-state index in [1.54, 1.807) is 25.4 Å². The van der Waals surface area contributed by atoms with Crippen LogP contribution in [0.1, 0.15) is 29.8 Å². The average molecular weight is 483 g/mol. The zero-order valence-corrected chi connectivity index (χ0v) is 19.6. The Kier molecular flexibility index (Phi) is 6.70. The van der Waals surface area contributed by atoms with Gasteiger partial charge in [0.15, 0.2) is 12.3 Å². The van der Waals surface area contributed by atoms with E-state index in [2.05, 4.69) is 42.8 Å². The third-order valence-electron chi connectivity index (χ3n) is 5.23. The number of aryl methyl sites for hydroxylation is 2. The Morgan fingerprint density at radius 3 is 2.56 bits per heavy atom. The summed E-state index contributed by atoms with van der Waals surface area (Å²) in [5.74, 6) is 2.39. The zero-order valence-electron chi connectivity index (χ0n) is 19.6. The van der Waals surface area contributed by atoms with Gasteiger partial charge in [-0.3, -0.25) is 0 Å². The summed E-state index contributed by atoms with van der Waals surface area (Å²) in [5, 5.41) is 23.9. The quantitative estimate of drug-likeness (QED) is 0.226. The summed E-state index contributed by atoms with van der Waals surface area (Å²) in [4.78, 5) is 9.91. The fourth-order valence-electron chi connectivity index (χ4n) is 3.41. The molecule has 0 fully saturated rings. The molecule has 5 aromatic rings. The van der Waals surface area contributed by atoms with Crippen molar-refractivity contribution in [2.75, 3.05) is 0 Å². The van der Waals surface area contributed by atoms with Gasteiger partial charge in [0.1, 0.15) is 17.2 Å². The van der Waals surface area contributed by atoms with Gasteiger partial charge < -0.3 is 14.0 Å². The molecule has 0 bridgehead atoms. The number of rotatable bonds is 9. The van der Waals surface area contributed by atoms with Crippen LogP contribution in [0.25, 0.3) is 11.6 Å². The van der Waals surface area contributed by atoms with Gasteiger partial charge in [-0.1, -0.05) is 60.6 Å². The van der Waals surface area contributed by atoms with Crippen LogP contribution in [0, 0.1) is 0 Å². The van der Waals surface area contributed by atoms with E-state index in [-0.39, 0.29) is 18.4 Å². The molecule has 3 heterocycles. The second-order valence-electron chi connectivity index (χ2n) is 7.65. The number of nitrogens with zero attached hydrogens (tertiary/aromatic N) is 8. The number of oxime groups is 1. The summed E-state index contributed by atoms with van der Waals surface area (Å²) in [5.41, 5.74) is 2.92. The van der Waals surface area contributed by atoms with Crippen molar-refractivity contribution >= 4 is 5.71 Å². The summed E-state index contributed by atoms with van der Waals surface area (Å²) >= 11 is 0. The molecule has 0 spiro atoms. The molecule has 0 unspecified atom stereocenters. The van der Waals surface area contributed by atoms with Crippen LogP contribution < -0.4 is 4.74 Å². The Hall–Kier alpha value is -4.93. The van der Waals surface area contributed by atoms with Crippen LogP contribution in [-0.4, -0.2) is 41.1 Å². The minimum atomic E-state index is -0.0381. The molecule has 11 heteroatoms. The third-order valence-corrected chi connectivity index (χ3v) is 5.23. The van der Waals surface area contributed by atoms with Crippen molar-refractivity contribution in [1.29, 1.82) is 0 Å². The molecule has 0 N–H and O–H groups in total. The molecule has 0 aliphatic carbocycles. The van der Waals surface area contributed by atoms with Gasteiger partial charge in [0.25, 0.3) is 11.8 Å². The molecule has 0 saturated heterocycles. The Balaban J connectivity index is 1.27. The standard InChI is InChI=1S/C25H22N8O3/c1-3-17-9-7-8-12-21(17)35-19-13-14-20(26-15-19)25-29-27-22(36-25)16-34-30-23(18-10-5-4-6-11-18)24-28-31-32-33(24)2/h4-15H,3,16H2,1-2H3/b30-23-. The van der Waals surface area contributed by atoms with Gasteiger partial charge >= 0.3 is 0 Å². The highest BCUT2D eigenvalue weighted by molar-refractivity contribution is 6.10. The number of pyridine rings is 1. The highest BCUT2D eigenvalue weighted by Crippen LogP contribution is 2.26. The Labute approximate surface area is 206 Å². The number of ether oxygens (including phenoxy) is 1. The fraction of sp³-hybridized carbons (Fsp3) is 0.160. The molecule has 0 saturated carbocycles. The van der Waals surface area contributed by atoms with Crippen LogP contribution in [0.15, 0.2) is 82.5 Å². The molecule has 11 nitrogen and oxygen atoms in total. The summed E-state index contributed by atoms with van der Waals surface area (Å²) in [6.45, 7) is 2.05. The van der Waals surface area contributed by atoms with E-state index in [1.165, 1.54) is 4.68 Å².